The van der Waals surface area contributed by atoms with Crippen molar-refractivity contribution in [3.8, 4) is 34.0 Å². The molecule has 8 nitrogen and oxygen atoms in total. The molecular weight excluding hydrogens is 398 g/mol. The van der Waals surface area contributed by atoms with Gasteiger partial charge in [-0.15, -0.1) is 0 Å². The summed E-state index contributed by atoms with van der Waals surface area (Å²) in [5.74, 6) is 0.665. The molecule has 4 rings (SSSR count). The number of esters is 1. The van der Waals surface area contributed by atoms with Crippen molar-refractivity contribution < 1.29 is 23.8 Å². The Labute approximate surface area is 179 Å². The number of aromatic nitrogens is 2. The first-order valence-corrected chi connectivity index (χ1v) is 10.1. The van der Waals surface area contributed by atoms with Crippen LogP contribution in [-0.2, 0) is 9.53 Å². The number of carbonyl (C=O) groups is 2. The highest BCUT2D eigenvalue weighted by Crippen LogP contribution is 2.34. The number of carbonyl (C=O) groups excluding carboxylic acids is 2. The molecule has 1 aliphatic rings. The minimum Gasteiger partial charge on any atom is -0.486 e. The van der Waals surface area contributed by atoms with E-state index in [2.05, 4.69) is 15.5 Å². The molecule has 0 unspecified atom stereocenters. The highest BCUT2D eigenvalue weighted by molar-refractivity contribution is 5.96. The molecular formula is C23H23N3O5. The van der Waals surface area contributed by atoms with Crippen molar-refractivity contribution in [2.24, 2.45) is 0 Å². The van der Waals surface area contributed by atoms with Crippen molar-refractivity contribution in [1.29, 1.82) is 0 Å². The van der Waals surface area contributed by atoms with Crippen molar-refractivity contribution in [3.05, 3.63) is 54.1 Å². The van der Waals surface area contributed by atoms with Crippen LogP contribution in [0.1, 0.15) is 23.7 Å². The fourth-order valence-electron chi connectivity index (χ4n) is 3.14. The Morgan fingerprint density at radius 2 is 1.77 bits per heavy atom. The van der Waals surface area contributed by atoms with Gasteiger partial charge in [-0.05, 0) is 48.4 Å². The first-order valence-electron chi connectivity index (χ1n) is 10.1. The summed E-state index contributed by atoms with van der Waals surface area (Å²) in [7, 11) is 0. The molecule has 1 aliphatic heterocycles. The van der Waals surface area contributed by atoms with Crippen molar-refractivity contribution in [2.45, 2.75) is 13.3 Å². The Hall–Kier alpha value is -3.81. The third-order valence-corrected chi connectivity index (χ3v) is 4.73. The number of benzene rings is 2. The summed E-state index contributed by atoms with van der Waals surface area (Å²) in [6.07, 6.45) is 0.741. The predicted molar refractivity (Wildman–Crippen MR) is 114 cm³/mol. The molecule has 0 aliphatic carbocycles. The Bertz CT molecular complexity index is 1080. The van der Waals surface area contributed by atoms with E-state index in [0.717, 1.165) is 34.7 Å². The van der Waals surface area contributed by atoms with Crippen LogP contribution in [0.25, 0.3) is 22.5 Å². The molecule has 8 heteroatoms. The zero-order valence-corrected chi connectivity index (χ0v) is 17.1. The molecule has 0 saturated carbocycles. The minimum absolute atomic E-state index is 0.153. The molecule has 1 aromatic heterocycles. The van der Waals surface area contributed by atoms with Crippen molar-refractivity contribution in [3.63, 3.8) is 0 Å². The van der Waals surface area contributed by atoms with E-state index < -0.39 is 5.97 Å². The number of aromatic amines is 1. The van der Waals surface area contributed by atoms with Gasteiger partial charge in [-0.25, -0.2) is 0 Å². The van der Waals surface area contributed by atoms with Crippen LogP contribution >= 0.6 is 0 Å². The average Bonchev–Trinajstić information content (AvgIpc) is 3.31. The summed E-state index contributed by atoms with van der Waals surface area (Å²) in [6, 6.07) is 14.7. The Morgan fingerprint density at radius 3 is 2.55 bits per heavy atom. The number of nitrogens with one attached hydrogen (secondary N) is 2. The highest BCUT2D eigenvalue weighted by atomic mass is 16.6. The normalized spacial score (nSPS) is 12.3. The lowest BCUT2D eigenvalue weighted by Crippen LogP contribution is -2.30. The number of H-pyrrole nitrogens is 1. The molecule has 1 amide bonds. The summed E-state index contributed by atoms with van der Waals surface area (Å²) in [5.41, 5.74) is 3.85. The van der Waals surface area contributed by atoms with Gasteiger partial charge in [0.25, 0.3) is 5.91 Å². The topological polar surface area (TPSA) is 103 Å². The second-order valence-electron chi connectivity index (χ2n) is 7.01. The molecule has 2 heterocycles. The first kappa shape index (κ1) is 20.5. The molecule has 2 N–H and O–H groups in total. The average molecular weight is 421 g/mol. The maximum absolute atomic E-state index is 12.2. The van der Waals surface area contributed by atoms with E-state index in [9.17, 15) is 9.59 Å². The van der Waals surface area contributed by atoms with E-state index in [4.69, 9.17) is 14.2 Å². The zero-order chi connectivity index (χ0) is 21.6. The summed E-state index contributed by atoms with van der Waals surface area (Å²) in [4.78, 5) is 23.7. The molecule has 3 aromatic rings. The lowest BCUT2D eigenvalue weighted by Gasteiger charge is -2.18. The number of hydrogen-bond donors (Lipinski definition) is 2. The van der Waals surface area contributed by atoms with E-state index in [-0.39, 0.29) is 12.5 Å². The van der Waals surface area contributed by atoms with Crippen LogP contribution in [0.15, 0.2) is 48.5 Å². The molecule has 0 spiro atoms. The van der Waals surface area contributed by atoms with Crippen LogP contribution in [0.2, 0.25) is 0 Å². The summed E-state index contributed by atoms with van der Waals surface area (Å²) >= 11 is 0. The van der Waals surface area contributed by atoms with Crippen LogP contribution in [0.5, 0.6) is 11.5 Å². The third-order valence-electron chi connectivity index (χ3n) is 4.73. The molecule has 0 fully saturated rings. The van der Waals surface area contributed by atoms with Gasteiger partial charge >= 0.3 is 5.97 Å². The Balaban J connectivity index is 1.41. The van der Waals surface area contributed by atoms with Crippen molar-refractivity contribution in [1.82, 2.24) is 15.5 Å². The summed E-state index contributed by atoms with van der Waals surface area (Å²) in [5, 5.41) is 9.98. The summed E-state index contributed by atoms with van der Waals surface area (Å²) < 4.78 is 16.1. The van der Waals surface area contributed by atoms with Crippen molar-refractivity contribution >= 4 is 11.9 Å². The van der Waals surface area contributed by atoms with Gasteiger partial charge in [0.15, 0.2) is 11.5 Å². The monoisotopic (exact) mass is 421 g/mol. The lowest BCUT2D eigenvalue weighted by molar-refractivity contribution is -0.142. The van der Waals surface area contributed by atoms with Gasteiger partial charge in [-0.1, -0.05) is 19.1 Å². The van der Waals surface area contributed by atoms with Crippen LogP contribution in [0, 0.1) is 0 Å². The fraction of sp³-hybridized carbons (Fsp3) is 0.261. The smallest absolute Gasteiger partial charge is 0.325 e. The van der Waals surface area contributed by atoms with Gasteiger partial charge in [0, 0.05) is 11.1 Å². The molecule has 0 atom stereocenters. The van der Waals surface area contributed by atoms with Crippen LogP contribution in [0.3, 0.4) is 0 Å². The fourth-order valence-corrected chi connectivity index (χ4v) is 3.14. The largest absolute Gasteiger partial charge is 0.486 e. The van der Waals surface area contributed by atoms with Gasteiger partial charge in [0.1, 0.15) is 19.8 Å². The quantitative estimate of drug-likeness (QED) is 0.568. The molecule has 0 saturated heterocycles. The predicted octanol–water partition coefficient (Wildman–Crippen LogP) is 3.20. The standard InChI is InChI=1S/C23H23N3O5/c1-2-9-31-22(27)14-24-23(28)16-5-3-15(4-6-16)18-13-19(26-25-18)17-7-8-20-21(12-17)30-11-10-29-20/h3-8,12-13H,2,9-11,14H2,1H3,(H,24,28)(H,25,26). The van der Waals surface area contributed by atoms with Gasteiger partial charge < -0.3 is 19.5 Å². The maximum Gasteiger partial charge on any atom is 0.325 e. The highest BCUT2D eigenvalue weighted by Gasteiger charge is 2.14. The van der Waals surface area contributed by atoms with Crippen LogP contribution in [-0.4, -0.2) is 48.4 Å². The minimum atomic E-state index is -0.448. The second kappa shape index (κ2) is 9.34. The number of amides is 1. The van der Waals surface area contributed by atoms with E-state index in [1.165, 1.54) is 0 Å². The maximum atomic E-state index is 12.2. The van der Waals surface area contributed by atoms with Gasteiger partial charge in [-0.2, -0.15) is 5.10 Å². The first-order chi connectivity index (χ1) is 15.1. The molecule has 31 heavy (non-hydrogen) atoms. The van der Waals surface area contributed by atoms with E-state index in [0.29, 0.717) is 31.1 Å². The van der Waals surface area contributed by atoms with E-state index in [1.807, 2.05) is 43.3 Å². The van der Waals surface area contributed by atoms with E-state index >= 15 is 0 Å². The number of hydrogen-bond acceptors (Lipinski definition) is 6. The van der Waals surface area contributed by atoms with Crippen LogP contribution in [0.4, 0.5) is 0 Å². The van der Waals surface area contributed by atoms with Gasteiger partial charge in [0.2, 0.25) is 0 Å². The lowest BCUT2D eigenvalue weighted by atomic mass is 10.1. The van der Waals surface area contributed by atoms with E-state index in [1.54, 1.807) is 12.1 Å². The summed E-state index contributed by atoms with van der Waals surface area (Å²) in [6.45, 7) is 3.19. The Morgan fingerprint density at radius 1 is 1.03 bits per heavy atom. The zero-order valence-electron chi connectivity index (χ0n) is 17.1. The van der Waals surface area contributed by atoms with Gasteiger partial charge in [-0.3, -0.25) is 14.7 Å². The number of nitrogens with zero attached hydrogens (tertiary/aromatic N) is 1. The third kappa shape index (κ3) is 4.85. The molecule has 0 bridgehead atoms. The molecule has 160 valence electrons. The number of rotatable bonds is 7. The molecule has 2 aromatic carbocycles. The van der Waals surface area contributed by atoms with Crippen molar-refractivity contribution in [2.75, 3.05) is 26.4 Å². The Kier molecular flexibility index (Phi) is 6.16. The number of fused-ring (bicyclic) bond motifs is 1. The number of ether oxygens (including phenoxy) is 3. The van der Waals surface area contributed by atoms with Gasteiger partial charge in [0.05, 0.1) is 18.0 Å². The molecule has 0 radical (unpaired) electrons. The van der Waals surface area contributed by atoms with Crippen LogP contribution < -0.4 is 14.8 Å². The SMILES string of the molecule is CCCOC(=O)CNC(=O)c1ccc(-c2cc(-c3ccc4c(c3)OCCO4)n[nH]2)cc1. The second-order valence-corrected chi connectivity index (χ2v) is 7.01.